The zero-order chi connectivity index (χ0) is 22.8. The highest BCUT2D eigenvalue weighted by Gasteiger charge is 2.43. The number of amides is 1. The number of sulfonamides is 1. The Bertz CT molecular complexity index is 1110. The van der Waals surface area contributed by atoms with E-state index in [0.29, 0.717) is 41.8 Å². The SMILES string of the molecule is CCS(=O)(=O)Nc1ccc(NC(=O)C2(c3ccc4c(c3)OCCO4)CCCC2)cc1OC. The maximum atomic E-state index is 13.5. The first kappa shape index (κ1) is 22.3. The monoisotopic (exact) mass is 460 g/mol. The Balaban J connectivity index is 1.60. The number of rotatable bonds is 7. The second kappa shape index (κ2) is 8.90. The van der Waals surface area contributed by atoms with Gasteiger partial charge in [-0.15, -0.1) is 0 Å². The second-order valence-corrected chi connectivity index (χ2v) is 10.0. The molecule has 0 saturated heterocycles. The molecule has 9 heteroatoms. The lowest BCUT2D eigenvalue weighted by Crippen LogP contribution is -2.38. The standard InChI is InChI=1S/C23H28N2O6S/c1-3-32(27,28)25-18-8-7-17(15-20(18)29-2)24-22(26)23(10-4-5-11-23)16-6-9-19-21(14-16)31-13-12-30-19/h6-9,14-15,25H,3-5,10-13H2,1-2H3,(H,24,26). The number of carbonyl (C=O) groups excluding carboxylic acids is 1. The fraction of sp³-hybridized carbons (Fsp3) is 0.435. The lowest BCUT2D eigenvalue weighted by atomic mass is 9.77. The predicted octanol–water partition coefficient (Wildman–Crippen LogP) is 3.68. The van der Waals surface area contributed by atoms with Crippen LogP contribution < -0.4 is 24.2 Å². The van der Waals surface area contributed by atoms with Crippen molar-refractivity contribution in [1.82, 2.24) is 0 Å². The van der Waals surface area contributed by atoms with Crippen molar-refractivity contribution < 1.29 is 27.4 Å². The van der Waals surface area contributed by atoms with Gasteiger partial charge in [0.1, 0.15) is 19.0 Å². The van der Waals surface area contributed by atoms with Crippen molar-refractivity contribution in [2.24, 2.45) is 0 Å². The van der Waals surface area contributed by atoms with Gasteiger partial charge < -0.3 is 19.5 Å². The van der Waals surface area contributed by atoms with Crippen LogP contribution in [0.25, 0.3) is 0 Å². The molecule has 2 N–H and O–H groups in total. The largest absolute Gasteiger partial charge is 0.494 e. The summed E-state index contributed by atoms with van der Waals surface area (Å²) in [6.45, 7) is 2.57. The van der Waals surface area contributed by atoms with Gasteiger partial charge in [-0.25, -0.2) is 8.42 Å². The van der Waals surface area contributed by atoms with Crippen LogP contribution in [0.3, 0.4) is 0 Å². The second-order valence-electron chi connectivity index (χ2n) is 8.02. The molecule has 1 amide bonds. The van der Waals surface area contributed by atoms with E-state index in [1.54, 1.807) is 25.1 Å². The Morgan fingerprint density at radius 2 is 1.78 bits per heavy atom. The number of hydrogen-bond acceptors (Lipinski definition) is 6. The number of fused-ring (bicyclic) bond motifs is 1. The van der Waals surface area contributed by atoms with Crippen LogP contribution in [0.1, 0.15) is 38.2 Å². The van der Waals surface area contributed by atoms with Crippen LogP contribution >= 0.6 is 0 Å². The summed E-state index contributed by atoms with van der Waals surface area (Å²) in [5.41, 5.74) is 1.12. The fourth-order valence-corrected chi connectivity index (χ4v) is 4.96. The number of nitrogens with one attached hydrogen (secondary N) is 2. The van der Waals surface area contributed by atoms with Crippen LogP contribution in [0.5, 0.6) is 17.2 Å². The number of carbonyl (C=O) groups is 1. The summed E-state index contributed by atoms with van der Waals surface area (Å²) in [7, 11) is -1.99. The Kier molecular flexibility index (Phi) is 6.19. The molecule has 1 fully saturated rings. The maximum absolute atomic E-state index is 13.5. The summed E-state index contributed by atoms with van der Waals surface area (Å²) in [5, 5.41) is 3.01. The first-order chi connectivity index (χ1) is 15.4. The molecule has 0 unspecified atom stereocenters. The molecular weight excluding hydrogens is 432 g/mol. The van der Waals surface area contributed by atoms with E-state index in [4.69, 9.17) is 14.2 Å². The quantitative estimate of drug-likeness (QED) is 0.653. The topological polar surface area (TPSA) is 103 Å². The van der Waals surface area contributed by atoms with Crippen LogP contribution in [0, 0.1) is 0 Å². The van der Waals surface area contributed by atoms with Gasteiger partial charge in [0, 0.05) is 11.8 Å². The van der Waals surface area contributed by atoms with Gasteiger partial charge in [0.25, 0.3) is 0 Å². The van der Waals surface area contributed by atoms with Gasteiger partial charge in [-0.2, -0.15) is 0 Å². The molecule has 0 radical (unpaired) electrons. The van der Waals surface area contributed by atoms with Crippen molar-refractivity contribution >= 4 is 27.3 Å². The van der Waals surface area contributed by atoms with Crippen LogP contribution in [0.2, 0.25) is 0 Å². The molecule has 0 bridgehead atoms. The summed E-state index contributed by atoms with van der Waals surface area (Å²) in [6.07, 6.45) is 3.40. The van der Waals surface area contributed by atoms with Crippen molar-refractivity contribution in [1.29, 1.82) is 0 Å². The molecule has 1 aliphatic heterocycles. The minimum Gasteiger partial charge on any atom is -0.494 e. The molecule has 2 aromatic rings. The Morgan fingerprint density at radius 1 is 1.06 bits per heavy atom. The van der Waals surface area contributed by atoms with Crippen molar-refractivity contribution in [2.75, 3.05) is 36.1 Å². The summed E-state index contributed by atoms with van der Waals surface area (Å²) >= 11 is 0. The average molecular weight is 461 g/mol. The molecule has 0 spiro atoms. The third-order valence-corrected chi connectivity index (χ3v) is 7.38. The average Bonchev–Trinajstić information content (AvgIpc) is 3.31. The van der Waals surface area contributed by atoms with Crippen molar-refractivity contribution in [3.8, 4) is 17.2 Å². The van der Waals surface area contributed by atoms with E-state index in [0.717, 1.165) is 31.2 Å². The summed E-state index contributed by atoms with van der Waals surface area (Å²) in [4.78, 5) is 13.5. The third-order valence-electron chi connectivity index (χ3n) is 6.09. The fourth-order valence-electron chi connectivity index (χ4n) is 4.31. The normalized spacial score (nSPS) is 16.9. The summed E-state index contributed by atoms with van der Waals surface area (Å²) in [6, 6.07) is 10.6. The van der Waals surface area contributed by atoms with E-state index in [2.05, 4.69) is 10.0 Å². The molecule has 1 saturated carbocycles. The Labute approximate surface area is 188 Å². The zero-order valence-electron chi connectivity index (χ0n) is 18.3. The number of anilines is 2. The van der Waals surface area contributed by atoms with E-state index in [-0.39, 0.29) is 11.7 Å². The van der Waals surface area contributed by atoms with Gasteiger partial charge in [-0.3, -0.25) is 9.52 Å². The lowest BCUT2D eigenvalue weighted by Gasteiger charge is -2.30. The molecule has 0 atom stereocenters. The number of ether oxygens (including phenoxy) is 3. The third kappa shape index (κ3) is 4.34. The van der Waals surface area contributed by atoms with Crippen LogP contribution in [-0.2, 0) is 20.2 Å². The van der Waals surface area contributed by atoms with Gasteiger partial charge in [-0.05, 0) is 49.6 Å². The first-order valence-electron chi connectivity index (χ1n) is 10.8. The highest BCUT2D eigenvalue weighted by Crippen LogP contribution is 2.45. The Morgan fingerprint density at radius 3 is 2.47 bits per heavy atom. The molecule has 2 aromatic carbocycles. The van der Waals surface area contributed by atoms with E-state index < -0.39 is 15.4 Å². The van der Waals surface area contributed by atoms with Gasteiger partial charge in [0.15, 0.2) is 11.5 Å². The predicted molar refractivity (Wildman–Crippen MR) is 122 cm³/mol. The highest BCUT2D eigenvalue weighted by atomic mass is 32.2. The molecular formula is C23H28N2O6S. The number of benzene rings is 2. The van der Waals surface area contributed by atoms with Crippen LogP contribution in [0.15, 0.2) is 36.4 Å². The number of hydrogen-bond donors (Lipinski definition) is 2. The molecule has 8 nitrogen and oxygen atoms in total. The highest BCUT2D eigenvalue weighted by molar-refractivity contribution is 7.92. The smallest absolute Gasteiger partial charge is 0.235 e. The van der Waals surface area contributed by atoms with E-state index >= 15 is 0 Å². The van der Waals surface area contributed by atoms with Crippen LogP contribution in [0.4, 0.5) is 11.4 Å². The van der Waals surface area contributed by atoms with Crippen molar-refractivity contribution in [2.45, 2.75) is 38.0 Å². The zero-order valence-corrected chi connectivity index (χ0v) is 19.1. The van der Waals surface area contributed by atoms with E-state index in [9.17, 15) is 13.2 Å². The van der Waals surface area contributed by atoms with Crippen LogP contribution in [-0.4, -0.2) is 40.4 Å². The van der Waals surface area contributed by atoms with Crippen molar-refractivity contribution in [3.05, 3.63) is 42.0 Å². The molecule has 1 heterocycles. The summed E-state index contributed by atoms with van der Waals surface area (Å²) < 4.78 is 43.0. The maximum Gasteiger partial charge on any atom is 0.235 e. The first-order valence-corrected chi connectivity index (χ1v) is 12.4. The van der Waals surface area contributed by atoms with E-state index in [1.165, 1.54) is 7.11 Å². The minimum absolute atomic E-state index is 0.0489. The Hall–Kier alpha value is -2.94. The lowest BCUT2D eigenvalue weighted by molar-refractivity contribution is -0.121. The molecule has 2 aliphatic rings. The molecule has 172 valence electrons. The van der Waals surface area contributed by atoms with Gasteiger partial charge in [0.2, 0.25) is 15.9 Å². The van der Waals surface area contributed by atoms with Gasteiger partial charge >= 0.3 is 0 Å². The molecule has 4 rings (SSSR count). The van der Waals surface area contributed by atoms with Gasteiger partial charge in [-0.1, -0.05) is 18.9 Å². The van der Waals surface area contributed by atoms with Gasteiger partial charge in [0.05, 0.1) is 24.0 Å². The minimum atomic E-state index is -3.45. The van der Waals surface area contributed by atoms with E-state index in [1.807, 2.05) is 18.2 Å². The van der Waals surface area contributed by atoms with Crippen molar-refractivity contribution in [3.63, 3.8) is 0 Å². The molecule has 1 aliphatic carbocycles. The summed E-state index contributed by atoms with van der Waals surface area (Å²) in [5.74, 6) is 1.55. The number of methoxy groups -OCH3 is 1. The molecule has 0 aromatic heterocycles. The molecule has 32 heavy (non-hydrogen) atoms.